The van der Waals surface area contributed by atoms with Gasteiger partial charge in [-0.1, -0.05) is 36.4 Å². The fourth-order valence-electron chi connectivity index (χ4n) is 2.29. The number of rotatable bonds is 6. The van der Waals surface area contributed by atoms with Crippen LogP contribution in [0.2, 0.25) is 0 Å². The first-order valence-corrected chi connectivity index (χ1v) is 7.28. The molecule has 0 N–H and O–H groups in total. The minimum absolute atomic E-state index is 0.0177. The maximum atomic E-state index is 13.7. The van der Waals surface area contributed by atoms with E-state index in [1.807, 2.05) is 37.3 Å². The minimum Gasteiger partial charge on any atom is -0.494 e. The van der Waals surface area contributed by atoms with Crippen LogP contribution in [0.4, 0.5) is 4.39 Å². The zero-order chi connectivity index (χ0) is 15.9. The second-order valence-electron chi connectivity index (χ2n) is 5.04. The highest BCUT2D eigenvalue weighted by molar-refractivity contribution is 5.78. The fraction of sp³-hybridized carbons (Fsp3) is 0.278. The third kappa shape index (κ3) is 4.07. The number of halogens is 1. The second-order valence-corrected chi connectivity index (χ2v) is 5.04. The number of hydrogen-bond acceptors (Lipinski definition) is 2. The van der Waals surface area contributed by atoms with Crippen molar-refractivity contribution in [2.24, 2.45) is 0 Å². The van der Waals surface area contributed by atoms with Crippen molar-refractivity contribution in [1.82, 2.24) is 4.90 Å². The van der Waals surface area contributed by atoms with Gasteiger partial charge in [-0.3, -0.25) is 4.79 Å². The van der Waals surface area contributed by atoms with Crippen LogP contribution in [0.15, 0.2) is 48.5 Å². The highest BCUT2D eigenvalue weighted by Crippen LogP contribution is 2.18. The van der Waals surface area contributed by atoms with E-state index in [1.165, 1.54) is 13.2 Å². The quantitative estimate of drug-likeness (QED) is 0.818. The topological polar surface area (TPSA) is 29.5 Å². The van der Waals surface area contributed by atoms with Gasteiger partial charge in [0.1, 0.15) is 0 Å². The molecule has 0 spiro atoms. The monoisotopic (exact) mass is 301 g/mol. The van der Waals surface area contributed by atoms with Crippen molar-refractivity contribution in [2.75, 3.05) is 13.7 Å². The lowest BCUT2D eigenvalue weighted by molar-refractivity contribution is -0.130. The Morgan fingerprint density at radius 1 is 1.14 bits per heavy atom. The van der Waals surface area contributed by atoms with Gasteiger partial charge < -0.3 is 9.64 Å². The van der Waals surface area contributed by atoms with Crippen LogP contribution >= 0.6 is 0 Å². The van der Waals surface area contributed by atoms with Crippen LogP contribution in [0.3, 0.4) is 0 Å². The van der Waals surface area contributed by atoms with Gasteiger partial charge >= 0.3 is 0 Å². The van der Waals surface area contributed by atoms with Crippen LogP contribution in [0.1, 0.15) is 18.1 Å². The standard InChI is InChI=1S/C18H20FNO2/c1-3-20(13-14-7-5-4-6-8-14)18(21)12-15-9-10-17(22-2)16(19)11-15/h4-11H,3,12-13H2,1-2H3. The van der Waals surface area contributed by atoms with Crippen molar-refractivity contribution >= 4 is 5.91 Å². The second kappa shape index (κ2) is 7.59. The molecule has 4 heteroatoms. The van der Waals surface area contributed by atoms with Crippen molar-refractivity contribution in [3.8, 4) is 5.75 Å². The zero-order valence-corrected chi connectivity index (χ0v) is 12.9. The van der Waals surface area contributed by atoms with Gasteiger partial charge in [-0.05, 0) is 30.2 Å². The Bertz CT molecular complexity index is 628. The molecule has 0 heterocycles. The number of carbonyl (C=O) groups is 1. The lowest BCUT2D eigenvalue weighted by Gasteiger charge is -2.21. The molecule has 3 nitrogen and oxygen atoms in total. The van der Waals surface area contributed by atoms with Crippen molar-refractivity contribution in [1.29, 1.82) is 0 Å². The van der Waals surface area contributed by atoms with Crippen LogP contribution in [-0.4, -0.2) is 24.5 Å². The van der Waals surface area contributed by atoms with Gasteiger partial charge in [0, 0.05) is 13.1 Å². The van der Waals surface area contributed by atoms with E-state index in [2.05, 4.69) is 0 Å². The Morgan fingerprint density at radius 3 is 2.45 bits per heavy atom. The predicted molar refractivity (Wildman–Crippen MR) is 84.2 cm³/mol. The lowest BCUT2D eigenvalue weighted by atomic mass is 10.1. The summed E-state index contributed by atoms with van der Waals surface area (Å²) in [4.78, 5) is 14.1. The van der Waals surface area contributed by atoms with Crippen LogP contribution < -0.4 is 4.74 Å². The highest BCUT2D eigenvalue weighted by Gasteiger charge is 2.14. The first-order valence-electron chi connectivity index (χ1n) is 7.28. The number of carbonyl (C=O) groups excluding carboxylic acids is 1. The zero-order valence-electron chi connectivity index (χ0n) is 12.9. The van der Waals surface area contributed by atoms with Crippen molar-refractivity contribution in [3.05, 3.63) is 65.5 Å². The third-order valence-electron chi connectivity index (χ3n) is 3.52. The number of methoxy groups -OCH3 is 1. The van der Waals surface area contributed by atoms with Gasteiger partial charge in [-0.2, -0.15) is 0 Å². The summed E-state index contributed by atoms with van der Waals surface area (Å²) >= 11 is 0. The molecule has 2 aromatic carbocycles. The van der Waals surface area contributed by atoms with Crippen LogP contribution in [0.25, 0.3) is 0 Å². The molecule has 0 unspecified atom stereocenters. The van der Waals surface area contributed by atoms with Gasteiger partial charge in [-0.15, -0.1) is 0 Å². The third-order valence-corrected chi connectivity index (χ3v) is 3.52. The molecule has 0 aliphatic rings. The highest BCUT2D eigenvalue weighted by atomic mass is 19.1. The SMILES string of the molecule is CCN(Cc1ccccc1)C(=O)Cc1ccc(OC)c(F)c1. The smallest absolute Gasteiger partial charge is 0.227 e. The van der Waals surface area contributed by atoms with Gasteiger partial charge in [0.15, 0.2) is 11.6 Å². The molecule has 0 aliphatic carbocycles. The first-order chi connectivity index (χ1) is 10.6. The van der Waals surface area contributed by atoms with E-state index in [0.717, 1.165) is 5.56 Å². The summed E-state index contributed by atoms with van der Waals surface area (Å²) in [5.41, 5.74) is 1.73. The van der Waals surface area contributed by atoms with E-state index in [1.54, 1.807) is 17.0 Å². The Kier molecular flexibility index (Phi) is 5.53. The molecule has 1 amide bonds. The summed E-state index contributed by atoms with van der Waals surface area (Å²) < 4.78 is 18.6. The molecule has 22 heavy (non-hydrogen) atoms. The Morgan fingerprint density at radius 2 is 1.86 bits per heavy atom. The van der Waals surface area contributed by atoms with Crippen LogP contribution in [-0.2, 0) is 17.8 Å². The van der Waals surface area contributed by atoms with Crippen LogP contribution in [0, 0.1) is 5.82 Å². The first kappa shape index (κ1) is 16.0. The van der Waals surface area contributed by atoms with Gasteiger partial charge in [-0.25, -0.2) is 4.39 Å². The van der Waals surface area contributed by atoms with E-state index >= 15 is 0 Å². The van der Waals surface area contributed by atoms with E-state index in [-0.39, 0.29) is 18.1 Å². The summed E-state index contributed by atoms with van der Waals surface area (Å²) in [6, 6.07) is 14.4. The Balaban J connectivity index is 2.04. The summed E-state index contributed by atoms with van der Waals surface area (Å²) in [5.74, 6) is -0.275. The molecule has 0 radical (unpaired) electrons. The number of ether oxygens (including phenoxy) is 1. The number of hydrogen-bond donors (Lipinski definition) is 0. The molecular weight excluding hydrogens is 281 g/mol. The van der Waals surface area contributed by atoms with E-state index < -0.39 is 5.82 Å². The number of benzene rings is 2. The molecule has 0 fully saturated rings. The fourth-order valence-corrected chi connectivity index (χ4v) is 2.29. The Hall–Kier alpha value is -2.36. The van der Waals surface area contributed by atoms with E-state index in [4.69, 9.17) is 4.74 Å². The average Bonchev–Trinajstić information content (AvgIpc) is 2.53. The van der Waals surface area contributed by atoms with E-state index in [0.29, 0.717) is 18.7 Å². The molecule has 116 valence electrons. The van der Waals surface area contributed by atoms with Gasteiger partial charge in [0.2, 0.25) is 5.91 Å². The summed E-state index contributed by atoms with van der Waals surface area (Å²) in [7, 11) is 1.42. The molecule has 0 aliphatic heterocycles. The number of likely N-dealkylation sites (N-methyl/N-ethyl adjacent to an activating group) is 1. The minimum atomic E-state index is -0.445. The summed E-state index contributed by atoms with van der Waals surface area (Å²) in [6.07, 6.45) is 0.182. The van der Waals surface area contributed by atoms with E-state index in [9.17, 15) is 9.18 Å². The molecule has 0 bridgehead atoms. The van der Waals surface area contributed by atoms with Gasteiger partial charge in [0.25, 0.3) is 0 Å². The summed E-state index contributed by atoms with van der Waals surface area (Å²) in [5, 5.41) is 0. The molecule has 0 atom stereocenters. The van der Waals surface area contributed by atoms with Crippen molar-refractivity contribution < 1.29 is 13.9 Å². The number of nitrogens with zero attached hydrogens (tertiary/aromatic N) is 1. The summed E-state index contributed by atoms with van der Waals surface area (Å²) in [6.45, 7) is 3.12. The lowest BCUT2D eigenvalue weighted by Crippen LogP contribution is -2.31. The average molecular weight is 301 g/mol. The normalized spacial score (nSPS) is 10.3. The molecule has 2 rings (SSSR count). The molecule has 0 aromatic heterocycles. The van der Waals surface area contributed by atoms with Crippen LogP contribution in [0.5, 0.6) is 5.75 Å². The van der Waals surface area contributed by atoms with Gasteiger partial charge in [0.05, 0.1) is 13.5 Å². The molecular formula is C18H20FNO2. The maximum Gasteiger partial charge on any atom is 0.227 e. The largest absolute Gasteiger partial charge is 0.494 e. The molecule has 0 saturated carbocycles. The van der Waals surface area contributed by atoms with Crippen molar-refractivity contribution in [3.63, 3.8) is 0 Å². The Labute approximate surface area is 130 Å². The predicted octanol–water partition coefficient (Wildman–Crippen LogP) is 3.43. The maximum absolute atomic E-state index is 13.7. The molecule has 0 saturated heterocycles. The van der Waals surface area contributed by atoms with Crippen molar-refractivity contribution in [2.45, 2.75) is 19.9 Å². The number of amides is 1. The molecule has 2 aromatic rings.